The first kappa shape index (κ1) is 23.5. The second kappa shape index (κ2) is 9.61. The van der Waals surface area contributed by atoms with Crippen molar-refractivity contribution in [2.24, 2.45) is 5.92 Å². The van der Waals surface area contributed by atoms with Crippen LogP contribution in [0, 0.1) is 5.92 Å². The third-order valence-corrected chi connectivity index (χ3v) is 8.94. The average Bonchev–Trinajstić information content (AvgIpc) is 3.66. The molecule has 3 aromatic rings. The van der Waals surface area contributed by atoms with Crippen LogP contribution in [0.3, 0.4) is 0 Å². The van der Waals surface area contributed by atoms with E-state index in [2.05, 4.69) is 59.5 Å². The predicted molar refractivity (Wildman–Crippen MR) is 149 cm³/mol. The quantitative estimate of drug-likeness (QED) is 0.357. The fourth-order valence-corrected chi connectivity index (χ4v) is 7.25. The highest BCUT2D eigenvalue weighted by molar-refractivity contribution is 5.96. The van der Waals surface area contributed by atoms with Gasteiger partial charge in [0.25, 0.3) is 0 Å². The van der Waals surface area contributed by atoms with Gasteiger partial charge in [-0.3, -0.25) is 0 Å². The molecule has 5 nitrogen and oxygen atoms in total. The fraction of sp³-hybridized carbons (Fsp3) is 0.394. The highest BCUT2D eigenvalue weighted by atomic mass is 16.7. The molecule has 38 heavy (non-hydrogen) atoms. The molecular formula is C33H35NO4. The Labute approximate surface area is 225 Å². The van der Waals surface area contributed by atoms with Gasteiger partial charge in [0.15, 0.2) is 23.0 Å². The number of methoxy groups -OCH3 is 2. The number of allylic oxidation sites excluding steroid dienone is 1. The molecule has 0 saturated heterocycles. The minimum absolute atomic E-state index is 0.270. The zero-order chi connectivity index (χ0) is 25.6. The van der Waals surface area contributed by atoms with E-state index < -0.39 is 0 Å². The molecule has 1 atom stereocenters. The summed E-state index contributed by atoms with van der Waals surface area (Å²) in [5.74, 6) is 4.04. The molecule has 7 rings (SSSR count). The summed E-state index contributed by atoms with van der Waals surface area (Å²) < 4.78 is 23.6. The number of fused-ring (bicyclic) bond motifs is 5. The monoisotopic (exact) mass is 509 g/mol. The van der Waals surface area contributed by atoms with Gasteiger partial charge < -0.3 is 23.8 Å². The number of nitrogens with zero attached hydrogens (tertiary/aromatic N) is 1. The Hall–Kier alpha value is -3.60. The van der Waals surface area contributed by atoms with E-state index in [1.54, 1.807) is 14.2 Å². The summed E-state index contributed by atoms with van der Waals surface area (Å²) in [4.78, 5) is 2.71. The van der Waals surface area contributed by atoms with Crippen molar-refractivity contribution in [3.05, 3.63) is 82.4 Å². The Morgan fingerprint density at radius 3 is 2.42 bits per heavy atom. The third-order valence-electron chi connectivity index (χ3n) is 8.94. The highest BCUT2D eigenvalue weighted by Crippen LogP contribution is 2.57. The summed E-state index contributed by atoms with van der Waals surface area (Å²) in [6, 6.07) is 19.9. The third kappa shape index (κ3) is 3.74. The minimum atomic E-state index is 0.270. The summed E-state index contributed by atoms with van der Waals surface area (Å²) in [7, 11) is 3.54. The topological polar surface area (TPSA) is 40.2 Å². The van der Waals surface area contributed by atoms with E-state index in [-0.39, 0.29) is 6.04 Å². The number of ether oxygens (including phenoxy) is 4. The van der Waals surface area contributed by atoms with Gasteiger partial charge in [-0.25, -0.2) is 0 Å². The van der Waals surface area contributed by atoms with E-state index in [4.69, 9.17) is 18.9 Å². The molecule has 0 amide bonds. The van der Waals surface area contributed by atoms with Gasteiger partial charge in [0, 0.05) is 23.4 Å². The van der Waals surface area contributed by atoms with Crippen LogP contribution in [0.1, 0.15) is 66.0 Å². The summed E-state index contributed by atoms with van der Waals surface area (Å²) in [6.45, 7) is 1.28. The zero-order valence-electron chi connectivity index (χ0n) is 22.3. The van der Waals surface area contributed by atoms with Crippen LogP contribution in [0.25, 0.3) is 11.3 Å². The van der Waals surface area contributed by atoms with Gasteiger partial charge in [-0.15, -0.1) is 0 Å². The van der Waals surface area contributed by atoms with E-state index in [1.165, 1.54) is 64.8 Å². The molecule has 4 aliphatic rings. The molecule has 1 fully saturated rings. The van der Waals surface area contributed by atoms with Gasteiger partial charge >= 0.3 is 0 Å². The van der Waals surface area contributed by atoms with Gasteiger partial charge in [-0.05, 0) is 78.5 Å². The van der Waals surface area contributed by atoms with E-state index in [1.807, 2.05) is 0 Å². The SMILES string of the molecule is COc1ccc2c(c1OC)C(C1CCCC1)N1CCc3cc4c(cc3C1=C2CCc1ccccc1)OCO4. The smallest absolute Gasteiger partial charge is 0.231 e. The second-order valence-corrected chi connectivity index (χ2v) is 10.9. The normalized spacial score (nSPS) is 19.7. The standard InChI is InChI=1S/C33H35NO4/c1-35-27-15-14-24-25(13-12-21-8-4-3-5-9-21)32-26-19-29-28(37-20-38-29)18-23(26)16-17-34(32)31(22-10-6-7-11-22)30(24)33(27)36-2/h3-5,8-9,14-15,18-19,22,31H,6-7,10-13,16-17,20H2,1-2H3. The molecular weight excluding hydrogens is 474 g/mol. The molecule has 1 saturated carbocycles. The van der Waals surface area contributed by atoms with Gasteiger partial charge in [0.05, 0.1) is 20.3 Å². The molecule has 3 heterocycles. The van der Waals surface area contributed by atoms with Crippen molar-refractivity contribution in [2.75, 3.05) is 27.6 Å². The number of aryl methyl sites for hydroxylation is 1. The zero-order valence-corrected chi connectivity index (χ0v) is 22.3. The summed E-state index contributed by atoms with van der Waals surface area (Å²) in [6.07, 6.45) is 8.02. The van der Waals surface area contributed by atoms with Crippen molar-refractivity contribution in [2.45, 2.75) is 51.0 Å². The van der Waals surface area contributed by atoms with Crippen molar-refractivity contribution < 1.29 is 18.9 Å². The molecule has 3 aromatic carbocycles. The van der Waals surface area contributed by atoms with Crippen LogP contribution in [-0.4, -0.2) is 32.5 Å². The van der Waals surface area contributed by atoms with Crippen LogP contribution < -0.4 is 18.9 Å². The fourth-order valence-electron chi connectivity index (χ4n) is 7.25. The lowest BCUT2D eigenvalue weighted by atomic mass is 9.76. The number of hydrogen-bond acceptors (Lipinski definition) is 5. The summed E-state index contributed by atoms with van der Waals surface area (Å²) in [5, 5.41) is 0. The summed E-state index contributed by atoms with van der Waals surface area (Å²) in [5.41, 5.74) is 9.39. The van der Waals surface area contributed by atoms with Crippen LogP contribution in [0.5, 0.6) is 23.0 Å². The number of rotatable bonds is 6. The second-order valence-electron chi connectivity index (χ2n) is 10.9. The average molecular weight is 510 g/mol. The van der Waals surface area contributed by atoms with Gasteiger partial charge in [0.1, 0.15) is 0 Å². The highest BCUT2D eigenvalue weighted by Gasteiger charge is 2.43. The Morgan fingerprint density at radius 1 is 0.868 bits per heavy atom. The summed E-state index contributed by atoms with van der Waals surface area (Å²) >= 11 is 0. The van der Waals surface area contributed by atoms with Crippen LogP contribution in [-0.2, 0) is 12.8 Å². The lowest BCUT2D eigenvalue weighted by Gasteiger charge is -2.48. The van der Waals surface area contributed by atoms with Crippen LogP contribution >= 0.6 is 0 Å². The first-order chi connectivity index (χ1) is 18.8. The molecule has 0 spiro atoms. The maximum absolute atomic E-state index is 6.13. The van der Waals surface area contributed by atoms with E-state index >= 15 is 0 Å². The van der Waals surface area contributed by atoms with Gasteiger partial charge in [0.2, 0.25) is 6.79 Å². The molecule has 3 aliphatic heterocycles. The maximum atomic E-state index is 6.13. The van der Waals surface area contributed by atoms with Gasteiger partial charge in [-0.1, -0.05) is 49.2 Å². The first-order valence-electron chi connectivity index (χ1n) is 14.0. The molecule has 1 aliphatic carbocycles. The number of benzene rings is 3. The maximum Gasteiger partial charge on any atom is 0.231 e. The number of hydrogen-bond donors (Lipinski definition) is 0. The Morgan fingerprint density at radius 2 is 1.66 bits per heavy atom. The molecule has 0 aromatic heterocycles. The Kier molecular flexibility index (Phi) is 5.95. The minimum Gasteiger partial charge on any atom is -0.493 e. The van der Waals surface area contributed by atoms with E-state index in [9.17, 15) is 0 Å². The molecule has 0 bridgehead atoms. The van der Waals surface area contributed by atoms with Gasteiger partial charge in [-0.2, -0.15) is 0 Å². The van der Waals surface area contributed by atoms with Crippen molar-refractivity contribution in [1.82, 2.24) is 4.90 Å². The van der Waals surface area contributed by atoms with Crippen molar-refractivity contribution in [3.8, 4) is 23.0 Å². The lowest BCUT2D eigenvalue weighted by molar-refractivity contribution is 0.174. The Bertz CT molecular complexity index is 1390. The van der Waals surface area contributed by atoms with Crippen LogP contribution in [0.15, 0.2) is 54.6 Å². The van der Waals surface area contributed by atoms with Crippen molar-refractivity contribution >= 4 is 11.3 Å². The van der Waals surface area contributed by atoms with Crippen LogP contribution in [0.2, 0.25) is 0 Å². The lowest BCUT2D eigenvalue weighted by Crippen LogP contribution is -2.40. The van der Waals surface area contributed by atoms with Crippen LogP contribution in [0.4, 0.5) is 0 Å². The molecule has 196 valence electrons. The molecule has 0 N–H and O–H groups in total. The molecule has 1 unspecified atom stereocenters. The van der Waals surface area contributed by atoms with Crippen molar-refractivity contribution in [1.29, 1.82) is 0 Å². The Balaban J connectivity index is 1.47. The van der Waals surface area contributed by atoms with E-state index in [0.29, 0.717) is 12.7 Å². The van der Waals surface area contributed by atoms with E-state index in [0.717, 1.165) is 48.8 Å². The molecule has 0 radical (unpaired) electrons. The largest absolute Gasteiger partial charge is 0.493 e. The van der Waals surface area contributed by atoms with Crippen molar-refractivity contribution in [3.63, 3.8) is 0 Å². The predicted octanol–water partition coefficient (Wildman–Crippen LogP) is 7.04. The molecule has 5 heteroatoms. The first-order valence-corrected chi connectivity index (χ1v) is 14.0.